The average Bonchev–Trinajstić information content (AvgIpc) is 2.64. The summed E-state index contributed by atoms with van der Waals surface area (Å²) in [5, 5.41) is 9.45. The first-order chi connectivity index (χ1) is 6.25. The van der Waals surface area contributed by atoms with Gasteiger partial charge in [-0.25, -0.2) is 4.98 Å². The predicted octanol–water partition coefficient (Wildman–Crippen LogP) is -0.0187. The van der Waals surface area contributed by atoms with Crippen LogP contribution < -0.4 is 5.73 Å². The van der Waals surface area contributed by atoms with Crippen LogP contribution in [0.25, 0.3) is 0 Å². The maximum absolute atomic E-state index is 9.45. The Hall–Kier alpha value is -0.870. The Kier molecular flexibility index (Phi) is 2.33. The van der Waals surface area contributed by atoms with E-state index in [4.69, 9.17) is 5.73 Å². The standard InChI is InChI=1S/C9H15N3O/c10-8-3-7(4-9(8)13)5-12-2-1-11-6-12/h1-2,6-9,13H,3-5,10H2/t7?,8-,9-/m1/s1. The van der Waals surface area contributed by atoms with Gasteiger partial charge in [-0.3, -0.25) is 0 Å². The highest BCUT2D eigenvalue weighted by atomic mass is 16.3. The number of aliphatic hydroxyl groups is 1. The molecule has 0 aromatic carbocycles. The van der Waals surface area contributed by atoms with Crippen LogP contribution in [0.4, 0.5) is 0 Å². The van der Waals surface area contributed by atoms with Crippen molar-refractivity contribution in [3.63, 3.8) is 0 Å². The van der Waals surface area contributed by atoms with Gasteiger partial charge in [-0.2, -0.15) is 0 Å². The minimum absolute atomic E-state index is 0.0338. The molecule has 0 aliphatic heterocycles. The van der Waals surface area contributed by atoms with Gasteiger partial charge in [0.05, 0.1) is 12.4 Å². The third-order valence-corrected chi connectivity index (χ3v) is 2.70. The van der Waals surface area contributed by atoms with Crippen LogP contribution in [0.15, 0.2) is 18.7 Å². The molecule has 1 heterocycles. The molecule has 13 heavy (non-hydrogen) atoms. The summed E-state index contributed by atoms with van der Waals surface area (Å²) in [5.74, 6) is 0.499. The third-order valence-electron chi connectivity index (χ3n) is 2.70. The highest BCUT2D eigenvalue weighted by Crippen LogP contribution is 2.25. The molecule has 1 fully saturated rings. The lowest BCUT2D eigenvalue weighted by molar-refractivity contribution is 0.160. The van der Waals surface area contributed by atoms with E-state index in [-0.39, 0.29) is 12.1 Å². The Bertz CT molecular complexity index is 250. The fourth-order valence-electron chi connectivity index (χ4n) is 2.00. The first kappa shape index (κ1) is 8.72. The Morgan fingerprint density at radius 3 is 2.92 bits per heavy atom. The number of rotatable bonds is 2. The zero-order valence-electron chi connectivity index (χ0n) is 7.50. The molecular weight excluding hydrogens is 166 g/mol. The molecule has 72 valence electrons. The second-order valence-electron chi connectivity index (χ2n) is 3.83. The number of imidazole rings is 1. The summed E-state index contributed by atoms with van der Waals surface area (Å²) >= 11 is 0. The monoisotopic (exact) mass is 181 g/mol. The maximum atomic E-state index is 9.45. The van der Waals surface area contributed by atoms with Crippen LogP contribution in [-0.2, 0) is 6.54 Å². The molecule has 0 spiro atoms. The minimum atomic E-state index is -0.312. The summed E-state index contributed by atoms with van der Waals surface area (Å²) < 4.78 is 2.04. The van der Waals surface area contributed by atoms with Crippen LogP contribution >= 0.6 is 0 Å². The molecule has 0 bridgehead atoms. The fourth-order valence-corrected chi connectivity index (χ4v) is 2.00. The lowest BCUT2D eigenvalue weighted by Gasteiger charge is -2.08. The molecule has 2 rings (SSSR count). The molecule has 1 aliphatic rings. The molecule has 1 aromatic heterocycles. The summed E-state index contributed by atoms with van der Waals surface area (Å²) in [7, 11) is 0. The van der Waals surface area contributed by atoms with E-state index >= 15 is 0 Å². The molecule has 4 heteroatoms. The van der Waals surface area contributed by atoms with Crippen LogP contribution in [-0.4, -0.2) is 26.8 Å². The Labute approximate surface area is 77.4 Å². The van der Waals surface area contributed by atoms with Crippen molar-refractivity contribution in [2.75, 3.05) is 0 Å². The minimum Gasteiger partial charge on any atom is -0.392 e. The van der Waals surface area contributed by atoms with Gasteiger partial charge < -0.3 is 15.4 Å². The van der Waals surface area contributed by atoms with Crippen molar-refractivity contribution >= 4 is 0 Å². The molecule has 0 saturated heterocycles. The van der Waals surface area contributed by atoms with Gasteiger partial charge in [-0.05, 0) is 18.8 Å². The summed E-state index contributed by atoms with van der Waals surface area (Å²) in [6.45, 7) is 0.921. The Balaban J connectivity index is 1.91. The molecule has 0 radical (unpaired) electrons. The van der Waals surface area contributed by atoms with Gasteiger partial charge >= 0.3 is 0 Å². The molecular formula is C9H15N3O. The lowest BCUT2D eigenvalue weighted by atomic mass is 10.1. The maximum Gasteiger partial charge on any atom is 0.0945 e. The first-order valence-electron chi connectivity index (χ1n) is 4.65. The van der Waals surface area contributed by atoms with Crippen molar-refractivity contribution in [1.82, 2.24) is 9.55 Å². The average molecular weight is 181 g/mol. The van der Waals surface area contributed by atoms with E-state index in [0.29, 0.717) is 5.92 Å². The van der Waals surface area contributed by atoms with Crippen molar-refractivity contribution in [1.29, 1.82) is 0 Å². The predicted molar refractivity (Wildman–Crippen MR) is 48.9 cm³/mol. The van der Waals surface area contributed by atoms with Gasteiger partial charge in [-0.1, -0.05) is 0 Å². The van der Waals surface area contributed by atoms with Crippen molar-refractivity contribution in [3.8, 4) is 0 Å². The molecule has 0 amide bonds. The van der Waals surface area contributed by atoms with Crippen LogP contribution in [0, 0.1) is 5.92 Å². The largest absolute Gasteiger partial charge is 0.392 e. The number of hydrogen-bond donors (Lipinski definition) is 2. The third kappa shape index (κ3) is 1.89. The van der Waals surface area contributed by atoms with Gasteiger partial charge in [0, 0.05) is 25.0 Å². The summed E-state index contributed by atoms with van der Waals surface area (Å²) in [4.78, 5) is 3.97. The Morgan fingerprint density at radius 1 is 1.54 bits per heavy atom. The Morgan fingerprint density at radius 2 is 2.38 bits per heavy atom. The lowest BCUT2D eigenvalue weighted by Crippen LogP contribution is -2.28. The van der Waals surface area contributed by atoms with Gasteiger partial charge in [0.2, 0.25) is 0 Å². The number of aliphatic hydroxyl groups excluding tert-OH is 1. The van der Waals surface area contributed by atoms with Crippen molar-refractivity contribution in [2.45, 2.75) is 31.5 Å². The van der Waals surface area contributed by atoms with Crippen molar-refractivity contribution < 1.29 is 5.11 Å². The number of nitrogens with zero attached hydrogens (tertiary/aromatic N) is 2. The van der Waals surface area contributed by atoms with E-state index in [1.165, 1.54) is 0 Å². The van der Waals surface area contributed by atoms with E-state index in [9.17, 15) is 5.11 Å². The second kappa shape index (κ2) is 3.47. The smallest absolute Gasteiger partial charge is 0.0945 e. The number of hydrogen-bond acceptors (Lipinski definition) is 3. The van der Waals surface area contributed by atoms with Gasteiger partial charge in [0.1, 0.15) is 0 Å². The van der Waals surface area contributed by atoms with E-state index in [0.717, 1.165) is 19.4 Å². The van der Waals surface area contributed by atoms with Crippen LogP contribution in [0.3, 0.4) is 0 Å². The number of aromatic nitrogens is 2. The van der Waals surface area contributed by atoms with Gasteiger partial charge in [-0.15, -0.1) is 0 Å². The van der Waals surface area contributed by atoms with Crippen LogP contribution in [0.5, 0.6) is 0 Å². The van der Waals surface area contributed by atoms with E-state index in [1.54, 1.807) is 12.5 Å². The van der Waals surface area contributed by atoms with Crippen LogP contribution in [0.1, 0.15) is 12.8 Å². The zero-order valence-corrected chi connectivity index (χ0v) is 7.50. The quantitative estimate of drug-likeness (QED) is 0.674. The molecule has 4 nitrogen and oxygen atoms in total. The summed E-state index contributed by atoms with van der Waals surface area (Å²) in [6.07, 6.45) is 6.93. The normalized spacial score (nSPS) is 33.8. The fraction of sp³-hybridized carbons (Fsp3) is 0.667. The summed E-state index contributed by atoms with van der Waals surface area (Å²) in [6, 6.07) is -0.0338. The SMILES string of the molecule is N[C@@H]1CC(Cn2ccnc2)C[C@H]1O. The van der Waals surface area contributed by atoms with Crippen LogP contribution in [0.2, 0.25) is 0 Å². The second-order valence-corrected chi connectivity index (χ2v) is 3.83. The summed E-state index contributed by atoms with van der Waals surface area (Å²) in [5.41, 5.74) is 5.72. The molecule has 1 unspecified atom stereocenters. The molecule has 1 saturated carbocycles. The van der Waals surface area contributed by atoms with Gasteiger partial charge in [0.15, 0.2) is 0 Å². The van der Waals surface area contributed by atoms with E-state index in [2.05, 4.69) is 4.98 Å². The molecule has 3 atom stereocenters. The first-order valence-corrected chi connectivity index (χ1v) is 4.65. The highest BCUT2D eigenvalue weighted by molar-refractivity contribution is 4.87. The zero-order chi connectivity index (χ0) is 9.26. The van der Waals surface area contributed by atoms with Crippen molar-refractivity contribution in [2.24, 2.45) is 11.7 Å². The molecule has 1 aliphatic carbocycles. The van der Waals surface area contributed by atoms with Crippen molar-refractivity contribution in [3.05, 3.63) is 18.7 Å². The number of nitrogens with two attached hydrogens (primary N) is 1. The highest BCUT2D eigenvalue weighted by Gasteiger charge is 2.30. The molecule has 3 N–H and O–H groups in total. The van der Waals surface area contributed by atoms with E-state index < -0.39 is 0 Å². The molecule has 1 aromatic rings. The van der Waals surface area contributed by atoms with Gasteiger partial charge in [0.25, 0.3) is 0 Å². The van der Waals surface area contributed by atoms with E-state index in [1.807, 2.05) is 10.8 Å². The topological polar surface area (TPSA) is 64.1 Å².